The minimum absolute atomic E-state index is 0.0254. The summed E-state index contributed by atoms with van der Waals surface area (Å²) in [5.74, 6) is -0.346. The number of piperazine rings is 1. The number of amides is 1. The van der Waals surface area contributed by atoms with Crippen molar-refractivity contribution in [3.05, 3.63) is 64.4 Å². The molecule has 24 heavy (non-hydrogen) atoms. The smallest absolute Gasteiger partial charge is 0.227 e. The Bertz CT molecular complexity index is 742. The molecule has 1 heterocycles. The van der Waals surface area contributed by atoms with Gasteiger partial charge in [-0.25, -0.2) is 4.39 Å². The molecular weight excluding hydrogens is 327 g/mol. The summed E-state index contributed by atoms with van der Waals surface area (Å²) >= 11 is 6.09. The van der Waals surface area contributed by atoms with Crippen LogP contribution < -0.4 is 4.90 Å². The van der Waals surface area contributed by atoms with Gasteiger partial charge in [0, 0.05) is 36.9 Å². The van der Waals surface area contributed by atoms with E-state index in [1.807, 2.05) is 23.1 Å². The van der Waals surface area contributed by atoms with Crippen molar-refractivity contribution >= 4 is 23.2 Å². The summed E-state index contributed by atoms with van der Waals surface area (Å²) in [4.78, 5) is 16.5. The van der Waals surface area contributed by atoms with Gasteiger partial charge in [-0.1, -0.05) is 35.9 Å². The molecule has 0 aromatic heterocycles. The average Bonchev–Trinajstić information content (AvgIpc) is 2.59. The van der Waals surface area contributed by atoms with Gasteiger partial charge in [-0.2, -0.15) is 0 Å². The van der Waals surface area contributed by atoms with E-state index in [9.17, 15) is 9.18 Å². The van der Waals surface area contributed by atoms with Gasteiger partial charge in [0.05, 0.1) is 6.42 Å². The second-order valence-corrected chi connectivity index (χ2v) is 6.50. The van der Waals surface area contributed by atoms with Crippen LogP contribution in [0.4, 0.5) is 10.1 Å². The Morgan fingerprint density at radius 2 is 1.83 bits per heavy atom. The number of nitrogens with zero attached hydrogens (tertiary/aromatic N) is 2. The van der Waals surface area contributed by atoms with Crippen LogP contribution in [0, 0.1) is 12.7 Å². The van der Waals surface area contributed by atoms with Gasteiger partial charge >= 0.3 is 0 Å². The first-order chi connectivity index (χ1) is 11.5. The Balaban J connectivity index is 1.61. The fourth-order valence-corrected chi connectivity index (χ4v) is 3.20. The fraction of sp³-hybridized carbons (Fsp3) is 0.316. The van der Waals surface area contributed by atoms with E-state index < -0.39 is 0 Å². The molecule has 2 aromatic carbocycles. The number of hydrogen-bond donors (Lipinski definition) is 0. The molecule has 1 aliphatic rings. The van der Waals surface area contributed by atoms with Crippen LogP contribution in [-0.2, 0) is 11.2 Å². The van der Waals surface area contributed by atoms with E-state index in [2.05, 4.69) is 11.8 Å². The maximum Gasteiger partial charge on any atom is 0.227 e. The van der Waals surface area contributed by atoms with Gasteiger partial charge in [-0.15, -0.1) is 0 Å². The summed E-state index contributed by atoms with van der Waals surface area (Å²) in [6.45, 7) is 4.84. The van der Waals surface area contributed by atoms with E-state index in [0.29, 0.717) is 23.7 Å². The molecule has 0 aliphatic carbocycles. The van der Waals surface area contributed by atoms with E-state index >= 15 is 0 Å². The van der Waals surface area contributed by atoms with Gasteiger partial charge < -0.3 is 9.80 Å². The molecule has 126 valence electrons. The molecule has 3 rings (SSSR count). The maximum atomic E-state index is 13.7. The Hall–Kier alpha value is -2.07. The fourth-order valence-electron chi connectivity index (χ4n) is 3.04. The minimum atomic E-state index is -0.320. The molecule has 3 nitrogen and oxygen atoms in total. The van der Waals surface area contributed by atoms with Crippen LogP contribution in [0.3, 0.4) is 0 Å². The van der Waals surface area contributed by atoms with E-state index in [0.717, 1.165) is 18.8 Å². The molecule has 1 saturated heterocycles. The van der Waals surface area contributed by atoms with Crippen molar-refractivity contribution in [2.75, 3.05) is 31.1 Å². The second kappa shape index (κ2) is 7.22. The normalized spacial score (nSPS) is 14.8. The summed E-state index contributed by atoms with van der Waals surface area (Å²) < 4.78 is 13.7. The van der Waals surface area contributed by atoms with E-state index in [1.54, 1.807) is 18.2 Å². The zero-order valence-electron chi connectivity index (χ0n) is 13.6. The quantitative estimate of drug-likeness (QED) is 0.846. The highest BCUT2D eigenvalue weighted by molar-refractivity contribution is 6.30. The Kier molecular flexibility index (Phi) is 5.05. The average molecular weight is 347 g/mol. The molecule has 0 N–H and O–H groups in total. The zero-order chi connectivity index (χ0) is 17.1. The topological polar surface area (TPSA) is 23.6 Å². The molecule has 1 aliphatic heterocycles. The van der Waals surface area contributed by atoms with Crippen molar-refractivity contribution in [3.8, 4) is 0 Å². The lowest BCUT2D eigenvalue weighted by molar-refractivity contribution is -0.130. The van der Waals surface area contributed by atoms with Crippen molar-refractivity contribution in [2.45, 2.75) is 13.3 Å². The van der Waals surface area contributed by atoms with Crippen LogP contribution >= 0.6 is 11.6 Å². The molecule has 2 aromatic rings. The molecule has 0 unspecified atom stereocenters. The Morgan fingerprint density at radius 3 is 2.54 bits per heavy atom. The molecule has 0 atom stereocenters. The highest BCUT2D eigenvalue weighted by atomic mass is 35.5. The van der Waals surface area contributed by atoms with Crippen LogP contribution in [0.2, 0.25) is 5.02 Å². The van der Waals surface area contributed by atoms with Gasteiger partial charge in [-0.05, 0) is 36.2 Å². The number of benzene rings is 2. The van der Waals surface area contributed by atoms with Crippen molar-refractivity contribution < 1.29 is 9.18 Å². The first kappa shape index (κ1) is 16.8. The summed E-state index contributed by atoms with van der Waals surface area (Å²) in [7, 11) is 0. The molecule has 5 heteroatoms. The van der Waals surface area contributed by atoms with Gasteiger partial charge in [-0.3, -0.25) is 4.79 Å². The second-order valence-electron chi connectivity index (χ2n) is 6.07. The molecule has 1 amide bonds. The van der Waals surface area contributed by atoms with Crippen molar-refractivity contribution in [1.82, 2.24) is 4.90 Å². The van der Waals surface area contributed by atoms with E-state index in [-0.39, 0.29) is 18.1 Å². The summed E-state index contributed by atoms with van der Waals surface area (Å²) in [5.41, 5.74) is 2.74. The summed E-state index contributed by atoms with van der Waals surface area (Å²) in [6, 6.07) is 12.3. The first-order valence-corrected chi connectivity index (χ1v) is 8.44. The minimum Gasteiger partial charge on any atom is -0.368 e. The third-order valence-electron chi connectivity index (χ3n) is 4.44. The van der Waals surface area contributed by atoms with Gasteiger partial charge in [0.2, 0.25) is 5.91 Å². The monoisotopic (exact) mass is 346 g/mol. The molecule has 1 fully saturated rings. The van der Waals surface area contributed by atoms with E-state index in [4.69, 9.17) is 11.6 Å². The third kappa shape index (κ3) is 3.70. The first-order valence-electron chi connectivity index (χ1n) is 8.07. The SMILES string of the molecule is Cc1ccc(Cl)cc1N1CCN(C(=O)Cc2ccccc2F)CC1. The molecule has 0 spiro atoms. The lowest BCUT2D eigenvalue weighted by Crippen LogP contribution is -2.49. The molecule has 0 radical (unpaired) electrons. The van der Waals surface area contributed by atoms with Crippen LogP contribution in [0.1, 0.15) is 11.1 Å². The van der Waals surface area contributed by atoms with Crippen molar-refractivity contribution in [2.24, 2.45) is 0 Å². The standard InChI is InChI=1S/C19H20ClFN2O/c1-14-6-7-16(20)13-18(14)22-8-10-23(11-9-22)19(24)12-15-4-2-3-5-17(15)21/h2-7,13H,8-12H2,1H3. The van der Waals surface area contributed by atoms with Gasteiger partial charge in [0.15, 0.2) is 0 Å². The van der Waals surface area contributed by atoms with Crippen LogP contribution in [-0.4, -0.2) is 37.0 Å². The largest absolute Gasteiger partial charge is 0.368 e. The third-order valence-corrected chi connectivity index (χ3v) is 4.68. The van der Waals surface area contributed by atoms with Crippen LogP contribution in [0.15, 0.2) is 42.5 Å². The van der Waals surface area contributed by atoms with E-state index in [1.165, 1.54) is 11.6 Å². The lowest BCUT2D eigenvalue weighted by Gasteiger charge is -2.37. The van der Waals surface area contributed by atoms with Gasteiger partial charge in [0.25, 0.3) is 0 Å². The number of aryl methyl sites for hydroxylation is 1. The van der Waals surface area contributed by atoms with Crippen LogP contribution in [0.25, 0.3) is 0 Å². The zero-order valence-corrected chi connectivity index (χ0v) is 14.4. The predicted octanol–water partition coefficient (Wildman–Crippen LogP) is 3.68. The summed E-state index contributed by atoms with van der Waals surface area (Å²) in [6.07, 6.45) is 0.114. The molecule has 0 saturated carbocycles. The molecular formula is C19H20ClFN2O. The number of carbonyl (C=O) groups excluding carboxylic acids is 1. The number of rotatable bonds is 3. The van der Waals surface area contributed by atoms with Gasteiger partial charge in [0.1, 0.15) is 5.82 Å². The Labute approximate surface area is 146 Å². The highest BCUT2D eigenvalue weighted by Crippen LogP contribution is 2.25. The number of anilines is 1. The predicted molar refractivity (Wildman–Crippen MR) is 95.1 cm³/mol. The number of carbonyl (C=O) groups is 1. The number of halogens is 2. The summed E-state index contributed by atoms with van der Waals surface area (Å²) in [5, 5.41) is 0.716. The Morgan fingerprint density at radius 1 is 1.12 bits per heavy atom. The highest BCUT2D eigenvalue weighted by Gasteiger charge is 2.22. The van der Waals surface area contributed by atoms with Crippen molar-refractivity contribution in [3.63, 3.8) is 0 Å². The van der Waals surface area contributed by atoms with Crippen LogP contribution in [0.5, 0.6) is 0 Å². The molecule has 0 bridgehead atoms. The lowest BCUT2D eigenvalue weighted by atomic mass is 10.1. The number of hydrogen-bond acceptors (Lipinski definition) is 2. The maximum absolute atomic E-state index is 13.7. The van der Waals surface area contributed by atoms with Crippen molar-refractivity contribution in [1.29, 1.82) is 0 Å².